The number of hydrogen-bond donors (Lipinski definition) is 1. The van der Waals surface area contributed by atoms with Gasteiger partial charge in [-0.05, 0) is 30.9 Å². The molecular weight excluding hydrogens is 315 g/mol. The summed E-state index contributed by atoms with van der Waals surface area (Å²) in [5.41, 5.74) is 3.30. The number of nitrogens with zero attached hydrogens (tertiary/aromatic N) is 3. The van der Waals surface area contributed by atoms with Gasteiger partial charge in [0.25, 0.3) is 0 Å². The Morgan fingerprint density at radius 1 is 1.36 bits per heavy atom. The highest BCUT2D eigenvalue weighted by Crippen LogP contribution is 2.25. The number of rotatable bonds is 5. The van der Waals surface area contributed by atoms with Crippen LogP contribution in [0.15, 0.2) is 36.8 Å². The first-order chi connectivity index (χ1) is 12.1. The molecule has 0 saturated carbocycles. The zero-order chi connectivity index (χ0) is 18.4. The SMILES string of the molecule is CC.[B]CC(=O)c1cccc(Nc2ncnn3cc(C=O)c(C)c23)c1. The van der Waals surface area contributed by atoms with Crippen molar-refractivity contribution in [2.75, 3.05) is 5.32 Å². The minimum atomic E-state index is -0.136. The van der Waals surface area contributed by atoms with Gasteiger partial charge in [0.2, 0.25) is 0 Å². The van der Waals surface area contributed by atoms with Gasteiger partial charge < -0.3 is 5.32 Å². The van der Waals surface area contributed by atoms with Crippen molar-refractivity contribution >= 4 is 36.9 Å². The summed E-state index contributed by atoms with van der Waals surface area (Å²) in [6.45, 7) is 5.84. The number of carbonyl (C=O) groups is 2. The lowest BCUT2D eigenvalue weighted by molar-refractivity contribution is 0.101. The highest BCUT2D eigenvalue weighted by molar-refractivity contribution is 6.24. The Morgan fingerprint density at radius 2 is 2.12 bits per heavy atom. The van der Waals surface area contributed by atoms with Crippen LogP contribution >= 0.6 is 0 Å². The van der Waals surface area contributed by atoms with E-state index in [1.807, 2.05) is 26.8 Å². The molecule has 0 saturated heterocycles. The molecule has 0 atom stereocenters. The number of benzene rings is 1. The summed E-state index contributed by atoms with van der Waals surface area (Å²) in [6.07, 6.45) is 3.80. The lowest BCUT2D eigenvalue weighted by Crippen LogP contribution is -2.02. The summed E-state index contributed by atoms with van der Waals surface area (Å²) in [5.74, 6) is 0.423. The number of aromatic nitrogens is 3. The molecule has 1 N–H and O–H groups in total. The third-order valence-electron chi connectivity index (χ3n) is 3.63. The number of nitrogens with one attached hydrogen (secondary N) is 1. The largest absolute Gasteiger partial charge is 0.338 e. The molecular formula is C18H19BN4O2. The van der Waals surface area contributed by atoms with Gasteiger partial charge in [-0.1, -0.05) is 26.0 Å². The van der Waals surface area contributed by atoms with Crippen molar-refractivity contribution in [1.82, 2.24) is 14.6 Å². The van der Waals surface area contributed by atoms with Gasteiger partial charge in [0, 0.05) is 23.0 Å². The van der Waals surface area contributed by atoms with Gasteiger partial charge in [-0.3, -0.25) is 9.59 Å². The summed E-state index contributed by atoms with van der Waals surface area (Å²) < 4.78 is 1.60. The van der Waals surface area contributed by atoms with Gasteiger partial charge in [-0.25, -0.2) is 9.50 Å². The minimum Gasteiger partial charge on any atom is -0.338 e. The lowest BCUT2D eigenvalue weighted by atomic mass is 9.96. The topological polar surface area (TPSA) is 76.4 Å². The number of ketones is 1. The highest BCUT2D eigenvalue weighted by Gasteiger charge is 2.12. The number of carbonyl (C=O) groups excluding carboxylic acids is 2. The maximum absolute atomic E-state index is 11.7. The van der Waals surface area contributed by atoms with E-state index in [2.05, 4.69) is 15.4 Å². The maximum atomic E-state index is 11.7. The van der Waals surface area contributed by atoms with E-state index in [1.54, 1.807) is 28.9 Å². The number of hydrogen-bond acceptors (Lipinski definition) is 5. The fraction of sp³-hybridized carbons (Fsp3) is 0.222. The predicted octanol–water partition coefficient (Wildman–Crippen LogP) is 3.39. The van der Waals surface area contributed by atoms with E-state index in [0.717, 1.165) is 11.8 Å². The van der Waals surface area contributed by atoms with Gasteiger partial charge in [-0.15, -0.1) is 0 Å². The second kappa shape index (κ2) is 8.23. The van der Waals surface area contributed by atoms with Crippen LogP contribution in [0.1, 0.15) is 40.1 Å². The van der Waals surface area contributed by atoms with E-state index < -0.39 is 0 Å². The molecule has 25 heavy (non-hydrogen) atoms. The smallest absolute Gasteiger partial charge is 0.158 e. The molecule has 0 bridgehead atoms. The first-order valence-electron chi connectivity index (χ1n) is 8.02. The molecule has 2 radical (unpaired) electrons. The third-order valence-corrected chi connectivity index (χ3v) is 3.63. The van der Waals surface area contributed by atoms with Crippen molar-refractivity contribution in [2.45, 2.75) is 27.1 Å². The Balaban J connectivity index is 0.00000109. The van der Waals surface area contributed by atoms with Gasteiger partial charge in [0.15, 0.2) is 17.9 Å². The molecule has 7 heteroatoms. The molecule has 3 aromatic rings. The number of fused-ring (bicyclic) bond motifs is 1. The van der Waals surface area contributed by atoms with E-state index in [-0.39, 0.29) is 12.1 Å². The van der Waals surface area contributed by atoms with Crippen LogP contribution in [-0.2, 0) is 0 Å². The number of anilines is 2. The Hall–Kier alpha value is -2.96. The van der Waals surface area contributed by atoms with E-state index in [0.29, 0.717) is 28.1 Å². The van der Waals surface area contributed by atoms with Crippen LogP contribution in [-0.4, -0.2) is 34.5 Å². The Morgan fingerprint density at radius 3 is 2.80 bits per heavy atom. The maximum Gasteiger partial charge on any atom is 0.158 e. The Bertz CT molecular complexity index is 905. The fourth-order valence-corrected chi connectivity index (χ4v) is 2.41. The van der Waals surface area contributed by atoms with E-state index in [1.165, 1.54) is 6.33 Å². The average molecular weight is 334 g/mol. The van der Waals surface area contributed by atoms with Gasteiger partial charge >= 0.3 is 0 Å². The molecule has 0 aliphatic heterocycles. The second-order valence-corrected chi connectivity index (χ2v) is 5.06. The van der Waals surface area contributed by atoms with Crippen molar-refractivity contribution in [1.29, 1.82) is 0 Å². The normalized spacial score (nSPS) is 10.0. The second-order valence-electron chi connectivity index (χ2n) is 5.06. The average Bonchev–Trinajstić information content (AvgIpc) is 3.00. The minimum absolute atomic E-state index is 0.0400. The van der Waals surface area contributed by atoms with Crippen LogP contribution in [0.5, 0.6) is 0 Å². The fourth-order valence-electron chi connectivity index (χ4n) is 2.41. The lowest BCUT2D eigenvalue weighted by Gasteiger charge is -2.09. The van der Waals surface area contributed by atoms with Crippen LogP contribution in [0.4, 0.5) is 11.5 Å². The zero-order valence-corrected chi connectivity index (χ0v) is 14.5. The summed E-state index contributed by atoms with van der Waals surface area (Å²) in [6, 6.07) is 7.02. The first kappa shape index (κ1) is 18.4. The van der Waals surface area contributed by atoms with Gasteiger partial charge in [-0.2, -0.15) is 5.10 Å². The first-order valence-corrected chi connectivity index (χ1v) is 8.02. The molecule has 1 aromatic carbocycles. The van der Waals surface area contributed by atoms with E-state index >= 15 is 0 Å². The van der Waals surface area contributed by atoms with Gasteiger partial charge in [0.05, 0.1) is 7.85 Å². The number of Topliss-reactive ketones (excluding diaryl/α,β-unsaturated/α-hetero) is 1. The molecule has 0 unspecified atom stereocenters. The van der Waals surface area contributed by atoms with Crippen LogP contribution in [0.25, 0.3) is 5.52 Å². The Labute approximate surface area is 147 Å². The molecule has 126 valence electrons. The van der Waals surface area contributed by atoms with Crippen LogP contribution in [0.3, 0.4) is 0 Å². The summed E-state index contributed by atoms with van der Waals surface area (Å²) in [5, 5.41) is 7.27. The zero-order valence-electron chi connectivity index (χ0n) is 14.5. The molecule has 3 rings (SSSR count). The van der Waals surface area contributed by atoms with Crippen molar-refractivity contribution in [3.05, 3.63) is 53.5 Å². The van der Waals surface area contributed by atoms with Gasteiger partial charge in [0.1, 0.15) is 11.8 Å². The third kappa shape index (κ3) is 3.76. The molecule has 0 aliphatic carbocycles. The number of aldehydes is 1. The van der Waals surface area contributed by atoms with Crippen molar-refractivity contribution in [2.24, 2.45) is 0 Å². The summed E-state index contributed by atoms with van der Waals surface area (Å²) in [7, 11) is 5.39. The number of aryl methyl sites for hydroxylation is 1. The molecule has 0 aliphatic rings. The molecule has 0 fully saturated rings. The van der Waals surface area contributed by atoms with Crippen molar-refractivity contribution < 1.29 is 9.59 Å². The summed E-state index contributed by atoms with van der Waals surface area (Å²) in [4.78, 5) is 27.0. The van der Waals surface area contributed by atoms with Crippen LogP contribution < -0.4 is 5.32 Å². The van der Waals surface area contributed by atoms with E-state index in [9.17, 15) is 9.59 Å². The molecule has 0 spiro atoms. The quantitative estimate of drug-likeness (QED) is 0.440. The monoisotopic (exact) mass is 334 g/mol. The molecule has 2 heterocycles. The van der Waals surface area contributed by atoms with E-state index in [4.69, 9.17) is 7.85 Å². The van der Waals surface area contributed by atoms with Crippen LogP contribution in [0, 0.1) is 6.92 Å². The Kier molecular flexibility index (Phi) is 6.06. The highest BCUT2D eigenvalue weighted by atomic mass is 16.1. The molecule has 0 amide bonds. The van der Waals surface area contributed by atoms with Crippen molar-refractivity contribution in [3.8, 4) is 0 Å². The standard InChI is InChI=1S/C16H13BN4O2.C2H6/c1-10-12(8-22)7-21-15(10)16(18-9-19-21)20-13-4-2-3-11(5-13)14(23)6-17;1-2/h2-5,7-9H,6H2,1H3,(H,18,19,20);1-2H3. The molecule has 2 aromatic heterocycles. The molecule has 6 nitrogen and oxygen atoms in total. The van der Waals surface area contributed by atoms with Crippen LogP contribution in [0.2, 0.25) is 6.32 Å². The van der Waals surface area contributed by atoms with Crippen molar-refractivity contribution in [3.63, 3.8) is 0 Å². The summed E-state index contributed by atoms with van der Waals surface area (Å²) >= 11 is 0. The predicted molar refractivity (Wildman–Crippen MR) is 99.1 cm³/mol.